The van der Waals surface area contributed by atoms with Crippen LogP contribution in [0.25, 0.3) is 11.3 Å². The van der Waals surface area contributed by atoms with Gasteiger partial charge in [-0.3, -0.25) is 9.59 Å². The molecule has 0 radical (unpaired) electrons. The Hall–Kier alpha value is -3.45. The molecule has 1 aromatic heterocycles. The first-order chi connectivity index (χ1) is 17.9. The van der Waals surface area contributed by atoms with Crippen LogP contribution in [-0.2, 0) is 0 Å². The molecular weight excluding hydrogens is 533 g/mol. The zero-order chi connectivity index (χ0) is 25.9. The number of nitrogens with one attached hydrogen (secondary N) is 1. The number of carbonyl (C=O) groups is 2. The van der Waals surface area contributed by atoms with Gasteiger partial charge in [0.15, 0.2) is 5.76 Å². The summed E-state index contributed by atoms with van der Waals surface area (Å²) in [6.07, 6.45) is 0. The second-order valence-corrected chi connectivity index (χ2v) is 9.80. The smallest absolute Gasteiger partial charge is 0.291 e. The van der Waals surface area contributed by atoms with Gasteiger partial charge >= 0.3 is 0 Å². The SMILES string of the molecule is O=C(Nc1ccccc1N1CCN(C(=O)c2ccc(Cl)cc2)CC1)c1ccc(-c2ccc(Cl)c(Cl)c2)o1. The quantitative estimate of drug-likeness (QED) is 0.285. The molecule has 1 saturated heterocycles. The molecule has 5 rings (SSSR count). The Morgan fingerprint density at radius 1 is 0.784 bits per heavy atom. The van der Waals surface area contributed by atoms with Crippen LogP contribution in [0.15, 0.2) is 83.3 Å². The maximum atomic E-state index is 13.0. The van der Waals surface area contributed by atoms with Crippen LogP contribution >= 0.6 is 34.8 Å². The molecule has 37 heavy (non-hydrogen) atoms. The van der Waals surface area contributed by atoms with Crippen molar-refractivity contribution in [2.24, 2.45) is 0 Å². The average Bonchev–Trinajstić information content (AvgIpc) is 3.41. The molecule has 0 spiro atoms. The molecule has 6 nitrogen and oxygen atoms in total. The fourth-order valence-corrected chi connectivity index (χ4v) is 4.65. The number of furan rings is 1. The van der Waals surface area contributed by atoms with Crippen molar-refractivity contribution in [3.63, 3.8) is 0 Å². The molecule has 2 amide bonds. The molecule has 9 heteroatoms. The van der Waals surface area contributed by atoms with Crippen LogP contribution in [0.4, 0.5) is 11.4 Å². The van der Waals surface area contributed by atoms with Crippen molar-refractivity contribution in [1.29, 1.82) is 0 Å². The van der Waals surface area contributed by atoms with E-state index in [0.29, 0.717) is 58.3 Å². The lowest BCUT2D eigenvalue weighted by Gasteiger charge is -2.37. The maximum Gasteiger partial charge on any atom is 0.291 e. The van der Waals surface area contributed by atoms with E-state index in [2.05, 4.69) is 10.2 Å². The first-order valence-corrected chi connectivity index (χ1v) is 12.8. The highest BCUT2D eigenvalue weighted by Gasteiger charge is 2.24. The minimum Gasteiger partial charge on any atom is -0.451 e. The number of carbonyl (C=O) groups excluding carboxylic acids is 2. The van der Waals surface area contributed by atoms with Crippen LogP contribution in [0.2, 0.25) is 15.1 Å². The minimum atomic E-state index is -0.365. The Balaban J connectivity index is 1.26. The van der Waals surface area contributed by atoms with Crippen LogP contribution < -0.4 is 10.2 Å². The fraction of sp³-hybridized carbons (Fsp3) is 0.143. The standard InChI is InChI=1S/C28H22Cl3N3O3/c29-20-8-5-18(6-9-20)28(36)34-15-13-33(14-16-34)24-4-2-1-3-23(24)32-27(35)26-12-11-25(37-26)19-7-10-21(30)22(31)17-19/h1-12,17H,13-16H2,(H,32,35). The number of halogens is 3. The molecule has 188 valence electrons. The maximum absolute atomic E-state index is 13.0. The zero-order valence-electron chi connectivity index (χ0n) is 19.6. The molecule has 2 heterocycles. The summed E-state index contributed by atoms with van der Waals surface area (Å²) < 4.78 is 5.79. The highest BCUT2D eigenvalue weighted by molar-refractivity contribution is 6.42. The third-order valence-corrected chi connectivity index (χ3v) is 7.18. The van der Waals surface area contributed by atoms with E-state index in [4.69, 9.17) is 39.2 Å². The van der Waals surface area contributed by atoms with Crippen LogP contribution in [-0.4, -0.2) is 42.9 Å². The number of hydrogen-bond donors (Lipinski definition) is 1. The molecule has 0 aliphatic carbocycles. The van der Waals surface area contributed by atoms with Gasteiger partial charge in [0.05, 0.1) is 21.4 Å². The number of hydrogen-bond acceptors (Lipinski definition) is 4. The Bertz CT molecular complexity index is 1440. The van der Waals surface area contributed by atoms with Crippen molar-refractivity contribution >= 4 is 58.0 Å². The first kappa shape index (κ1) is 25.2. The van der Waals surface area contributed by atoms with Crippen molar-refractivity contribution in [2.45, 2.75) is 0 Å². The second-order valence-electron chi connectivity index (χ2n) is 8.55. The number of anilines is 2. The molecule has 1 aliphatic rings. The lowest BCUT2D eigenvalue weighted by atomic mass is 10.1. The van der Waals surface area contributed by atoms with Gasteiger partial charge in [-0.1, -0.05) is 46.9 Å². The number of amides is 2. The number of benzene rings is 3. The summed E-state index contributed by atoms with van der Waals surface area (Å²) in [6, 6.07) is 23.0. The number of para-hydroxylation sites is 2. The summed E-state index contributed by atoms with van der Waals surface area (Å²) >= 11 is 18.0. The molecule has 0 atom stereocenters. The van der Waals surface area contributed by atoms with Gasteiger partial charge in [0.1, 0.15) is 5.76 Å². The third kappa shape index (κ3) is 5.62. The number of piperazine rings is 1. The topological polar surface area (TPSA) is 65.8 Å². The van der Waals surface area contributed by atoms with Gasteiger partial charge in [0.25, 0.3) is 11.8 Å². The molecule has 0 bridgehead atoms. The Morgan fingerprint density at radius 3 is 2.24 bits per heavy atom. The molecule has 3 aromatic carbocycles. The van der Waals surface area contributed by atoms with Crippen LogP contribution in [0.1, 0.15) is 20.9 Å². The van der Waals surface area contributed by atoms with Gasteiger partial charge < -0.3 is 19.5 Å². The summed E-state index contributed by atoms with van der Waals surface area (Å²) in [5, 5.41) is 4.41. The van der Waals surface area contributed by atoms with Gasteiger partial charge in [-0.15, -0.1) is 0 Å². The highest BCUT2D eigenvalue weighted by Crippen LogP contribution is 2.31. The summed E-state index contributed by atoms with van der Waals surface area (Å²) in [4.78, 5) is 29.8. The van der Waals surface area contributed by atoms with E-state index in [1.54, 1.807) is 54.6 Å². The van der Waals surface area contributed by atoms with E-state index in [1.807, 2.05) is 29.2 Å². The average molecular weight is 555 g/mol. The lowest BCUT2D eigenvalue weighted by molar-refractivity contribution is 0.0746. The summed E-state index contributed by atoms with van der Waals surface area (Å²) in [7, 11) is 0. The predicted molar refractivity (Wildman–Crippen MR) is 148 cm³/mol. The Morgan fingerprint density at radius 2 is 1.51 bits per heavy atom. The van der Waals surface area contributed by atoms with Gasteiger partial charge in [-0.2, -0.15) is 0 Å². The van der Waals surface area contributed by atoms with Crippen LogP contribution in [0.3, 0.4) is 0 Å². The van der Waals surface area contributed by atoms with E-state index >= 15 is 0 Å². The van der Waals surface area contributed by atoms with Crippen molar-refractivity contribution in [1.82, 2.24) is 4.90 Å². The second kappa shape index (κ2) is 10.9. The van der Waals surface area contributed by atoms with Gasteiger partial charge in [-0.25, -0.2) is 0 Å². The summed E-state index contributed by atoms with van der Waals surface area (Å²) in [5.74, 6) is 0.302. The van der Waals surface area contributed by atoms with Gasteiger partial charge in [0, 0.05) is 42.3 Å². The zero-order valence-corrected chi connectivity index (χ0v) is 21.9. The molecule has 1 N–H and O–H groups in total. The lowest BCUT2D eigenvalue weighted by Crippen LogP contribution is -2.49. The van der Waals surface area contributed by atoms with Crippen LogP contribution in [0.5, 0.6) is 0 Å². The highest BCUT2D eigenvalue weighted by atomic mass is 35.5. The van der Waals surface area contributed by atoms with E-state index in [1.165, 1.54) is 0 Å². The minimum absolute atomic E-state index is 0.0199. The monoisotopic (exact) mass is 553 g/mol. The van der Waals surface area contributed by atoms with E-state index < -0.39 is 0 Å². The largest absolute Gasteiger partial charge is 0.451 e. The first-order valence-electron chi connectivity index (χ1n) is 11.6. The summed E-state index contributed by atoms with van der Waals surface area (Å²) in [6.45, 7) is 2.40. The van der Waals surface area contributed by atoms with Gasteiger partial charge in [0.2, 0.25) is 0 Å². The molecule has 1 aliphatic heterocycles. The van der Waals surface area contributed by atoms with Crippen molar-refractivity contribution < 1.29 is 14.0 Å². The van der Waals surface area contributed by atoms with E-state index in [9.17, 15) is 9.59 Å². The third-order valence-electron chi connectivity index (χ3n) is 6.18. The number of rotatable bonds is 5. The normalized spacial score (nSPS) is 13.5. The number of nitrogens with zero attached hydrogens (tertiary/aromatic N) is 2. The van der Waals surface area contributed by atoms with Crippen molar-refractivity contribution in [2.75, 3.05) is 36.4 Å². The Kier molecular flexibility index (Phi) is 7.42. The molecular formula is C28H22Cl3N3O3. The molecule has 4 aromatic rings. The van der Waals surface area contributed by atoms with Gasteiger partial charge in [-0.05, 0) is 66.7 Å². The fourth-order valence-electron chi connectivity index (χ4n) is 4.23. The van der Waals surface area contributed by atoms with Crippen LogP contribution in [0, 0.1) is 0 Å². The summed E-state index contributed by atoms with van der Waals surface area (Å²) in [5.41, 5.74) is 2.88. The van der Waals surface area contributed by atoms with Crippen molar-refractivity contribution in [3.8, 4) is 11.3 Å². The molecule has 1 fully saturated rings. The Labute approximate surface area is 229 Å². The molecule has 0 unspecified atom stereocenters. The predicted octanol–water partition coefficient (Wildman–Crippen LogP) is 7.12. The molecule has 0 saturated carbocycles. The van der Waals surface area contributed by atoms with Crippen molar-refractivity contribution in [3.05, 3.63) is 105 Å². The van der Waals surface area contributed by atoms with E-state index in [-0.39, 0.29) is 17.6 Å². The van der Waals surface area contributed by atoms with E-state index in [0.717, 1.165) is 11.3 Å².